The monoisotopic (exact) mass is 448 g/mol. The lowest BCUT2D eigenvalue weighted by molar-refractivity contribution is 0.0595. The number of fused-ring (bicyclic) bond motifs is 1. The molecule has 1 aliphatic heterocycles. The molecule has 1 aromatic carbocycles. The average Bonchev–Trinajstić information content (AvgIpc) is 3.40. The summed E-state index contributed by atoms with van der Waals surface area (Å²) in [5, 5.41) is 0. The van der Waals surface area contributed by atoms with Crippen molar-refractivity contribution in [2.24, 2.45) is 0 Å². The minimum absolute atomic E-state index is 0.00745. The van der Waals surface area contributed by atoms with Crippen molar-refractivity contribution in [1.29, 1.82) is 0 Å². The molecule has 0 unspecified atom stereocenters. The van der Waals surface area contributed by atoms with Crippen molar-refractivity contribution in [3.05, 3.63) is 50.9 Å². The third kappa shape index (κ3) is 4.01. The topological polar surface area (TPSA) is 92.8 Å². The fraction of sp³-hybridized carbons (Fsp3) is 0.429. The van der Waals surface area contributed by atoms with E-state index in [1.807, 2.05) is 32.0 Å². The third-order valence-corrected chi connectivity index (χ3v) is 8.57. The number of carbonyl (C=O) groups excluding carboxylic acids is 2. The lowest BCUT2D eigenvalue weighted by Crippen LogP contribution is -2.35. The van der Waals surface area contributed by atoms with E-state index in [0.717, 1.165) is 40.2 Å². The largest absolute Gasteiger partial charge is 0.465 e. The van der Waals surface area contributed by atoms with Crippen LogP contribution in [0.3, 0.4) is 0 Å². The summed E-state index contributed by atoms with van der Waals surface area (Å²) < 4.78 is 33.2. The predicted octanol–water partition coefficient (Wildman–Crippen LogP) is 2.79. The normalized spacial score (nSPS) is 16.3. The Morgan fingerprint density at radius 3 is 2.43 bits per heavy atom. The summed E-state index contributed by atoms with van der Waals surface area (Å²) in [4.78, 5) is 27.9. The van der Waals surface area contributed by atoms with Crippen LogP contribution >= 0.6 is 11.3 Å². The highest BCUT2D eigenvalue weighted by molar-refractivity contribution is 7.91. The van der Waals surface area contributed by atoms with E-state index in [9.17, 15) is 18.0 Å². The molecule has 0 saturated heterocycles. The van der Waals surface area contributed by atoms with Crippen LogP contribution in [0.25, 0.3) is 0 Å². The highest BCUT2D eigenvalue weighted by Gasteiger charge is 2.37. The fourth-order valence-electron chi connectivity index (χ4n) is 3.80. The van der Waals surface area contributed by atoms with E-state index in [-0.39, 0.29) is 28.3 Å². The standard InChI is InChI=1S/C21H24N2O5S2/c1-12-8-13(2)10-14(9-12)19(24)23-7-6-16-17(11-23)29-21(18(16)20(25)28-3)30(26,27)22-15-4-5-15/h8-10,15,22H,4-7,11H2,1-3H3. The molecule has 2 heterocycles. The fourth-order valence-corrected chi connectivity index (χ4v) is 7.03. The highest BCUT2D eigenvalue weighted by Crippen LogP contribution is 2.38. The van der Waals surface area contributed by atoms with E-state index in [2.05, 4.69) is 4.72 Å². The van der Waals surface area contributed by atoms with Gasteiger partial charge in [0, 0.05) is 23.0 Å². The number of amides is 1. The molecule has 1 N–H and O–H groups in total. The van der Waals surface area contributed by atoms with E-state index >= 15 is 0 Å². The molecule has 1 saturated carbocycles. The number of sulfonamides is 1. The number of hydrogen-bond donors (Lipinski definition) is 1. The number of aryl methyl sites for hydroxylation is 2. The molecule has 1 fully saturated rings. The summed E-state index contributed by atoms with van der Waals surface area (Å²) >= 11 is 1.06. The van der Waals surface area contributed by atoms with Gasteiger partial charge in [0.15, 0.2) is 0 Å². The van der Waals surface area contributed by atoms with Gasteiger partial charge in [-0.3, -0.25) is 4.79 Å². The van der Waals surface area contributed by atoms with E-state index in [0.29, 0.717) is 24.1 Å². The van der Waals surface area contributed by atoms with Crippen molar-refractivity contribution in [2.45, 2.75) is 49.9 Å². The van der Waals surface area contributed by atoms with Crippen molar-refractivity contribution < 1.29 is 22.7 Å². The number of ether oxygens (including phenoxy) is 1. The van der Waals surface area contributed by atoms with Crippen molar-refractivity contribution in [3.8, 4) is 0 Å². The predicted molar refractivity (Wildman–Crippen MR) is 113 cm³/mol. The number of nitrogens with one attached hydrogen (secondary N) is 1. The number of esters is 1. The molecule has 0 spiro atoms. The SMILES string of the molecule is COC(=O)c1c(S(=O)(=O)NC2CC2)sc2c1CCN(C(=O)c1cc(C)cc(C)c1)C2. The molecule has 0 bridgehead atoms. The molecule has 4 rings (SSSR count). The maximum atomic E-state index is 13.1. The van der Waals surface area contributed by atoms with Gasteiger partial charge >= 0.3 is 5.97 Å². The lowest BCUT2D eigenvalue weighted by Gasteiger charge is -2.27. The molecule has 160 valence electrons. The van der Waals surface area contributed by atoms with Gasteiger partial charge in [-0.1, -0.05) is 17.2 Å². The van der Waals surface area contributed by atoms with E-state index in [4.69, 9.17) is 4.74 Å². The second-order valence-electron chi connectivity index (χ2n) is 7.91. The Kier molecular flexibility index (Phi) is 5.46. The molecule has 0 atom stereocenters. The molecule has 1 amide bonds. The highest BCUT2D eigenvalue weighted by atomic mass is 32.2. The molecule has 2 aliphatic rings. The minimum atomic E-state index is -3.81. The smallest absolute Gasteiger partial charge is 0.340 e. The third-order valence-electron chi connectivity index (χ3n) is 5.31. The van der Waals surface area contributed by atoms with Gasteiger partial charge in [-0.25, -0.2) is 17.9 Å². The molecule has 7 nitrogen and oxygen atoms in total. The first-order valence-corrected chi connectivity index (χ1v) is 12.1. The molecule has 2 aromatic rings. The number of carbonyl (C=O) groups is 2. The minimum Gasteiger partial charge on any atom is -0.465 e. The van der Waals surface area contributed by atoms with Crippen LogP contribution in [0.15, 0.2) is 22.4 Å². The maximum absolute atomic E-state index is 13.1. The van der Waals surface area contributed by atoms with Gasteiger partial charge < -0.3 is 9.64 Å². The molecular weight excluding hydrogens is 424 g/mol. The van der Waals surface area contributed by atoms with Crippen LogP contribution in [-0.4, -0.2) is 44.9 Å². The summed E-state index contributed by atoms with van der Waals surface area (Å²) in [6.07, 6.45) is 2.01. The zero-order valence-electron chi connectivity index (χ0n) is 17.1. The number of hydrogen-bond acceptors (Lipinski definition) is 6. The van der Waals surface area contributed by atoms with Crippen LogP contribution in [0.2, 0.25) is 0 Å². The number of methoxy groups -OCH3 is 1. The molecule has 1 aromatic heterocycles. The van der Waals surface area contributed by atoms with E-state index in [1.54, 1.807) is 4.90 Å². The summed E-state index contributed by atoms with van der Waals surface area (Å²) in [5.41, 5.74) is 3.43. The summed E-state index contributed by atoms with van der Waals surface area (Å²) in [6, 6.07) is 5.66. The van der Waals surface area contributed by atoms with Gasteiger partial charge in [0.05, 0.1) is 19.2 Å². The number of rotatable bonds is 5. The van der Waals surface area contributed by atoms with Crippen LogP contribution in [0.1, 0.15) is 55.1 Å². The van der Waals surface area contributed by atoms with Gasteiger partial charge in [-0.15, -0.1) is 11.3 Å². The Labute approximate surface area is 180 Å². The van der Waals surface area contributed by atoms with Crippen molar-refractivity contribution in [1.82, 2.24) is 9.62 Å². The molecular formula is C21H24N2O5S2. The Balaban J connectivity index is 1.68. The average molecular weight is 449 g/mol. The summed E-state index contributed by atoms with van der Waals surface area (Å²) in [5.74, 6) is -0.751. The van der Waals surface area contributed by atoms with Crippen molar-refractivity contribution in [3.63, 3.8) is 0 Å². The first kappa shape index (κ1) is 21.0. The lowest BCUT2D eigenvalue weighted by atomic mass is 10.0. The molecule has 1 aliphatic carbocycles. The second-order valence-corrected chi connectivity index (χ2v) is 10.9. The number of thiophene rings is 1. The second kappa shape index (κ2) is 7.79. The van der Waals surface area contributed by atoms with Crippen LogP contribution in [0, 0.1) is 13.8 Å². The zero-order chi connectivity index (χ0) is 21.6. The number of nitrogens with zero attached hydrogens (tertiary/aromatic N) is 1. The summed E-state index contributed by atoms with van der Waals surface area (Å²) in [6.45, 7) is 4.58. The van der Waals surface area contributed by atoms with Crippen LogP contribution < -0.4 is 4.72 Å². The van der Waals surface area contributed by atoms with E-state index < -0.39 is 16.0 Å². The van der Waals surface area contributed by atoms with Gasteiger partial charge in [0.1, 0.15) is 4.21 Å². The maximum Gasteiger partial charge on any atom is 0.340 e. The van der Waals surface area contributed by atoms with Crippen molar-refractivity contribution >= 4 is 33.2 Å². The Bertz CT molecular complexity index is 1110. The van der Waals surface area contributed by atoms with Crippen LogP contribution in [-0.2, 0) is 27.7 Å². The van der Waals surface area contributed by atoms with Gasteiger partial charge in [-0.05, 0) is 50.8 Å². The quantitative estimate of drug-likeness (QED) is 0.710. The molecule has 9 heteroatoms. The zero-order valence-corrected chi connectivity index (χ0v) is 18.8. The Morgan fingerprint density at radius 1 is 1.17 bits per heavy atom. The Hall–Kier alpha value is -2.23. The molecule has 0 radical (unpaired) electrons. The van der Waals surface area contributed by atoms with Gasteiger partial charge in [-0.2, -0.15) is 0 Å². The number of benzene rings is 1. The molecule has 30 heavy (non-hydrogen) atoms. The van der Waals surface area contributed by atoms with Gasteiger partial charge in [0.2, 0.25) is 0 Å². The van der Waals surface area contributed by atoms with Crippen LogP contribution in [0.5, 0.6) is 0 Å². The first-order chi connectivity index (χ1) is 14.2. The first-order valence-electron chi connectivity index (χ1n) is 9.82. The van der Waals surface area contributed by atoms with Crippen LogP contribution in [0.4, 0.5) is 0 Å². The van der Waals surface area contributed by atoms with E-state index in [1.165, 1.54) is 7.11 Å². The Morgan fingerprint density at radius 2 is 1.83 bits per heavy atom. The summed E-state index contributed by atoms with van der Waals surface area (Å²) in [7, 11) is -2.57. The van der Waals surface area contributed by atoms with Crippen molar-refractivity contribution in [2.75, 3.05) is 13.7 Å². The van der Waals surface area contributed by atoms with Gasteiger partial charge in [0.25, 0.3) is 15.9 Å².